The molecule has 0 amide bonds. The van der Waals surface area contributed by atoms with Crippen LogP contribution in [0.1, 0.15) is 12.5 Å². The third kappa shape index (κ3) is 3.19. The standard InChI is InChI=1S/C17H17FN2O3S2/c1-4-20-15-14(23-3)10-5-11(2)16(15)24-17(20)19-25(21,22)13-8-6-12(18)7-9-13/h5-10H,4H2,1-3H3/b19-17-. The van der Waals surface area contributed by atoms with Crippen molar-refractivity contribution in [3.05, 3.63) is 52.6 Å². The summed E-state index contributed by atoms with van der Waals surface area (Å²) in [5.41, 5.74) is 1.84. The SMILES string of the molecule is CCn1/c(=N/S(=O)(=O)c2ccc(F)cc2)sc2c(C)ccc(OC)c21. The van der Waals surface area contributed by atoms with Crippen molar-refractivity contribution in [3.63, 3.8) is 0 Å². The van der Waals surface area contributed by atoms with Gasteiger partial charge in [0.05, 0.1) is 16.7 Å². The van der Waals surface area contributed by atoms with Gasteiger partial charge in [0.1, 0.15) is 17.1 Å². The van der Waals surface area contributed by atoms with E-state index in [4.69, 9.17) is 4.74 Å². The zero-order valence-electron chi connectivity index (χ0n) is 14.0. The summed E-state index contributed by atoms with van der Waals surface area (Å²) >= 11 is 1.29. The first-order valence-electron chi connectivity index (χ1n) is 7.61. The van der Waals surface area contributed by atoms with Crippen LogP contribution in [0, 0.1) is 12.7 Å². The van der Waals surface area contributed by atoms with Gasteiger partial charge < -0.3 is 9.30 Å². The van der Waals surface area contributed by atoms with Crippen molar-refractivity contribution in [2.75, 3.05) is 7.11 Å². The van der Waals surface area contributed by atoms with Gasteiger partial charge in [-0.1, -0.05) is 17.4 Å². The minimum Gasteiger partial charge on any atom is -0.495 e. The molecule has 0 fully saturated rings. The number of rotatable bonds is 4. The van der Waals surface area contributed by atoms with Crippen molar-refractivity contribution in [2.24, 2.45) is 4.40 Å². The lowest BCUT2D eigenvalue weighted by molar-refractivity contribution is 0.417. The molecule has 1 aromatic heterocycles. The molecule has 132 valence electrons. The van der Waals surface area contributed by atoms with Crippen molar-refractivity contribution < 1.29 is 17.5 Å². The van der Waals surface area contributed by atoms with Crippen LogP contribution in [0.15, 0.2) is 45.7 Å². The monoisotopic (exact) mass is 380 g/mol. The van der Waals surface area contributed by atoms with Gasteiger partial charge in [0, 0.05) is 6.54 Å². The van der Waals surface area contributed by atoms with Gasteiger partial charge in [-0.15, -0.1) is 4.40 Å². The molecule has 3 aromatic rings. The molecule has 8 heteroatoms. The number of halogens is 1. The van der Waals surface area contributed by atoms with E-state index < -0.39 is 15.8 Å². The van der Waals surface area contributed by atoms with Crippen molar-refractivity contribution >= 4 is 31.6 Å². The van der Waals surface area contributed by atoms with Gasteiger partial charge in [-0.25, -0.2) is 4.39 Å². The van der Waals surface area contributed by atoms with Crippen LogP contribution in [0.25, 0.3) is 10.2 Å². The van der Waals surface area contributed by atoms with E-state index in [2.05, 4.69) is 4.40 Å². The Morgan fingerprint density at radius 2 is 1.88 bits per heavy atom. The zero-order chi connectivity index (χ0) is 18.2. The van der Waals surface area contributed by atoms with Crippen molar-refractivity contribution in [1.29, 1.82) is 0 Å². The summed E-state index contributed by atoms with van der Waals surface area (Å²) in [5, 5.41) is 0. The molecule has 3 rings (SSSR count). The van der Waals surface area contributed by atoms with E-state index in [1.807, 2.05) is 30.5 Å². The fourth-order valence-corrected chi connectivity index (χ4v) is 4.95. The first-order chi connectivity index (χ1) is 11.9. The highest BCUT2D eigenvalue weighted by Gasteiger charge is 2.17. The number of ether oxygens (including phenoxy) is 1. The van der Waals surface area contributed by atoms with E-state index in [0.29, 0.717) is 17.1 Å². The van der Waals surface area contributed by atoms with Crippen LogP contribution in [0.4, 0.5) is 4.39 Å². The Morgan fingerprint density at radius 3 is 2.48 bits per heavy atom. The van der Waals surface area contributed by atoms with Crippen LogP contribution < -0.4 is 9.54 Å². The van der Waals surface area contributed by atoms with Crippen molar-refractivity contribution in [2.45, 2.75) is 25.3 Å². The van der Waals surface area contributed by atoms with Crippen LogP contribution in [0.3, 0.4) is 0 Å². The van der Waals surface area contributed by atoms with E-state index in [9.17, 15) is 12.8 Å². The molecule has 0 saturated heterocycles. The summed E-state index contributed by atoms with van der Waals surface area (Å²) in [6.45, 7) is 4.41. The molecule has 0 atom stereocenters. The second kappa shape index (κ2) is 6.61. The van der Waals surface area contributed by atoms with Crippen LogP contribution in [-0.4, -0.2) is 20.1 Å². The van der Waals surface area contributed by atoms with Crippen LogP contribution in [-0.2, 0) is 16.6 Å². The third-order valence-corrected chi connectivity index (χ3v) is 6.44. The Bertz CT molecular complexity index is 1100. The quantitative estimate of drug-likeness (QED) is 0.696. The molecule has 5 nitrogen and oxygen atoms in total. The minimum atomic E-state index is -3.94. The Labute approximate surface area is 149 Å². The van der Waals surface area contributed by atoms with Gasteiger partial charge in [0.15, 0.2) is 0 Å². The van der Waals surface area contributed by atoms with Gasteiger partial charge >= 0.3 is 0 Å². The van der Waals surface area contributed by atoms with E-state index in [1.165, 1.54) is 23.5 Å². The normalized spacial score (nSPS) is 12.7. The number of aryl methyl sites for hydroxylation is 2. The first-order valence-corrected chi connectivity index (χ1v) is 9.86. The van der Waals surface area contributed by atoms with Crippen molar-refractivity contribution in [1.82, 2.24) is 4.57 Å². The van der Waals surface area contributed by atoms with Gasteiger partial charge in [0.2, 0.25) is 4.80 Å². The number of methoxy groups -OCH3 is 1. The molecule has 0 radical (unpaired) electrons. The number of sulfonamides is 1. The highest BCUT2D eigenvalue weighted by molar-refractivity contribution is 7.90. The lowest BCUT2D eigenvalue weighted by Crippen LogP contribution is -2.16. The lowest BCUT2D eigenvalue weighted by atomic mass is 10.2. The highest BCUT2D eigenvalue weighted by atomic mass is 32.2. The molecular formula is C17H17FN2O3S2. The molecule has 2 aromatic carbocycles. The average Bonchev–Trinajstić information content (AvgIpc) is 2.94. The van der Waals surface area contributed by atoms with Crippen LogP contribution >= 0.6 is 11.3 Å². The third-order valence-electron chi connectivity index (χ3n) is 3.83. The van der Waals surface area contributed by atoms with E-state index >= 15 is 0 Å². The molecule has 0 aliphatic carbocycles. The topological polar surface area (TPSA) is 60.7 Å². The fraction of sp³-hybridized carbons (Fsp3) is 0.235. The Hall–Kier alpha value is -2.19. The molecule has 1 heterocycles. The number of hydrogen-bond donors (Lipinski definition) is 0. The molecule has 0 aliphatic rings. The summed E-state index contributed by atoms with van der Waals surface area (Å²) < 4.78 is 50.3. The van der Waals surface area contributed by atoms with Crippen LogP contribution in [0.2, 0.25) is 0 Å². The lowest BCUT2D eigenvalue weighted by Gasteiger charge is -2.07. The maximum atomic E-state index is 13.0. The molecule has 0 bridgehead atoms. The number of aromatic nitrogens is 1. The smallest absolute Gasteiger partial charge is 0.285 e. The fourth-order valence-electron chi connectivity index (χ4n) is 2.57. The second-order valence-corrected chi connectivity index (χ2v) is 7.99. The summed E-state index contributed by atoms with van der Waals surface area (Å²) in [6, 6.07) is 8.42. The predicted octanol–water partition coefficient (Wildman–Crippen LogP) is 3.47. The highest BCUT2D eigenvalue weighted by Crippen LogP contribution is 2.30. The van der Waals surface area contributed by atoms with Gasteiger partial charge in [-0.3, -0.25) is 0 Å². The molecule has 0 unspecified atom stereocenters. The molecule has 25 heavy (non-hydrogen) atoms. The summed E-state index contributed by atoms with van der Waals surface area (Å²) in [4.78, 5) is 0.312. The summed E-state index contributed by atoms with van der Waals surface area (Å²) in [7, 11) is -2.36. The number of benzene rings is 2. The number of nitrogens with zero attached hydrogens (tertiary/aromatic N) is 2. The first kappa shape index (κ1) is 17.6. The maximum absolute atomic E-state index is 13.0. The second-order valence-electron chi connectivity index (χ2n) is 5.41. The van der Waals surface area contributed by atoms with Crippen molar-refractivity contribution in [3.8, 4) is 5.75 Å². The van der Waals surface area contributed by atoms with Crippen LogP contribution in [0.5, 0.6) is 5.75 Å². The zero-order valence-corrected chi connectivity index (χ0v) is 15.6. The number of thiazole rings is 1. The summed E-state index contributed by atoms with van der Waals surface area (Å²) in [5.74, 6) is 0.170. The molecule has 0 N–H and O–H groups in total. The average molecular weight is 380 g/mol. The molecule has 0 aliphatic heterocycles. The van der Waals surface area contributed by atoms with Gasteiger partial charge in [-0.2, -0.15) is 8.42 Å². The Kier molecular flexibility index (Phi) is 4.66. The van der Waals surface area contributed by atoms with E-state index in [0.717, 1.165) is 27.9 Å². The molecule has 0 saturated carbocycles. The Balaban J connectivity index is 2.30. The molecule has 0 spiro atoms. The van der Waals surface area contributed by atoms with Gasteiger partial charge in [-0.05, 0) is 49.7 Å². The minimum absolute atomic E-state index is 0.0438. The Morgan fingerprint density at radius 1 is 1.20 bits per heavy atom. The van der Waals surface area contributed by atoms with E-state index in [1.54, 1.807) is 7.11 Å². The maximum Gasteiger partial charge on any atom is 0.285 e. The van der Waals surface area contributed by atoms with E-state index in [-0.39, 0.29) is 4.90 Å². The predicted molar refractivity (Wildman–Crippen MR) is 95.9 cm³/mol. The number of fused-ring (bicyclic) bond motifs is 1. The molecular weight excluding hydrogens is 363 g/mol. The van der Waals surface area contributed by atoms with Gasteiger partial charge in [0.25, 0.3) is 10.0 Å². The summed E-state index contributed by atoms with van der Waals surface area (Å²) in [6.07, 6.45) is 0. The number of hydrogen-bond acceptors (Lipinski definition) is 4. The largest absolute Gasteiger partial charge is 0.495 e.